The fourth-order valence-corrected chi connectivity index (χ4v) is 1.16. The van der Waals surface area contributed by atoms with Crippen LogP contribution in [0, 0.1) is 11.8 Å². The molecule has 0 aromatic rings. The molecule has 0 saturated heterocycles. The third kappa shape index (κ3) is 3.21. The van der Waals surface area contributed by atoms with E-state index >= 15 is 0 Å². The van der Waals surface area contributed by atoms with Gasteiger partial charge in [-0.2, -0.15) is 0 Å². The molecule has 11 heavy (non-hydrogen) atoms. The molecular formula is C9H19NO. The van der Waals surface area contributed by atoms with Crippen LogP contribution in [0.2, 0.25) is 0 Å². The van der Waals surface area contributed by atoms with Crippen molar-refractivity contribution in [2.45, 2.75) is 32.8 Å². The highest BCUT2D eigenvalue weighted by molar-refractivity contribution is 4.86. The van der Waals surface area contributed by atoms with E-state index in [0.29, 0.717) is 0 Å². The van der Waals surface area contributed by atoms with E-state index in [-0.39, 0.29) is 5.60 Å². The molecule has 0 aromatic heterocycles. The molecule has 0 heterocycles. The summed E-state index contributed by atoms with van der Waals surface area (Å²) < 4.78 is 5.63. The highest BCUT2D eigenvalue weighted by atomic mass is 16.5. The summed E-state index contributed by atoms with van der Waals surface area (Å²) in [5.41, 5.74) is 5.52. The fraction of sp³-hybridized carbons (Fsp3) is 1.00. The van der Waals surface area contributed by atoms with E-state index in [1.54, 1.807) is 0 Å². The van der Waals surface area contributed by atoms with E-state index in [9.17, 15) is 0 Å². The van der Waals surface area contributed by atoms with Crippen molar-refractivity contribution in [2.75, 3.05) is 13.2 Å². The molecule has 1 saturated carbocycles. The number of hydrogen-bond donors (Lipinski definition) is 1. The Hall–Kier alpha value is -0.0800. The van der Waals surface area contributed by atoms with Gasteiger partial charge in [-0.1, -0.05) is 0 Å². The van der Waals surface area contributed by atoms with E-state index in [1.807, 2.05) is 0 Å². The van der Waals surface area contributed by atoms with Gasteiger partial charge in [0.1, 0.15) is 0 Å². The molecule has 2 heteroatoms. The van der Waals surface area contributed by atoms with E-state index in [4.69, 9.17) is 10.5 Å². The molecular weight excluding hydrogens is 138 g/mol. The van der Waals surface area contributed by atoms with Gasteiger partial charge >= 0.3 is 0 Å². The second-order valence-electron chi connectivity index (χ2n) is 4.41. The molecule has 1 aliphatic carbocycles. The van der Waals surface area contributed by atoms with E-state index < -0.39 is 0 Å². The van der Waals surface area contributed by atoms with Gasteiger partial charge in [0.05, 0.1) is 12.2 Å². The summed E-state index contributed by atoms with van der Waals surface area (Å²) in [5, 5.41) is 0. The zero-order chi connectivity index (χ0) is 8.48. The minimum Gasteiger partial charge on any atom is -0.376 e. The Kier molecular flexibility index (Phi) is 2.55. The summed E-state index contributed by atoms with van der Waals surface area (Å²) in [6, 6.07) is 0. The SMILES string of the molecule is CC(C)(C)OC[C@@H]1C[C@H]1CN. The average molecular weight is 157 g/mol. The van der Waals surface area contributed by atoms with Gasteiger partial charge in [-0.05, 0) is 45.6 Å². The molecule has 0 amide bonds. The zero-order valence-corrected chi connectivity index (χ0v) is 7.76. The maximum absolute atomic E-state index is 5.63. The molecule has 0 aliphatic heterocycles. The van der Waals surface area contributed by atoms with Crippen molar-refractivity contribution in [3.05, 3.63) is 0 Å². The van der Waals surface area contributed by atoms with E-state index in [2.05, 4.69) is 20.8 Å². The molecule has 0 radical (unpaired) electrons. The van der Waals surface area contributed by atoms with Crippen molar-refractivity contribution < 1.29 is 4.74 Å². The zero-order valence-electron chi connectivity index (χ0n) is 7.76. The van der Waals surface area contributed by atoms with Crippen LogP contribution < -0.4 is 5.73 Å². The third-order valence-electron chi connectivity index (χ3n) is 2.10. The lowest BCUT2D eigenvalue weighted by molar-refractivity contribution is -0.0104. The molecule has 1 rings (SSSR count). The van der Waals surface area contributed by atoms with Gasteiger partial charge in [-0.3, -0.25) is 0 Å². The van der Waals surface area contributed by atoms with Crippen LogP contribution in [0.5, 0.6) is 0 Å². The van der Waals surface area contributed by atoms with Crippen molar-refractivity contribution in [2.24, 2.45) is 17.6 Å². The molecule has 1 aliphatic rings. The van der Waals surface area contributed by atoms with Crippen molar-refractivity contribution in [1.29, 1.82) is 0 Å². The van der Waals surface area contributed by atoms with Crippen LogP contribution in [0.25, 0.3) is 0 Å². The monoisotopic (exact) mass is 157 g/mol. The normalized spacial score (nSPS) is 30.5. The largest absolute Gasteiger partial charge is 0.376 e. The van der Waals surface area contributed by atoms with Gasteiger partial charge in [0.25, 0.3) is 0 Å². The number of nitrogens with two attached hydrogens (primary N) is 1. The van der Waals surface area contributed by atoms with Gasteiger partial charge in [0, 0.05) is 0 Å². The van der Waals surface area contributed by atoms with Gasteiger partial charge < -0.3 is 10.5 Å². The molecule has 2 N–H and O–H groups in total. The van der Waals surface area contributed by atoms with E-state index in [1.165, 1.54) is 6.42 Å². The summed E-state index contributed by atoms with van der Waals surface area (Å²) in [6.07, 6.45) is 1.27. The first-order valence-corrected chi connectivity index (χ1v) is 4.37. The lowest BCUT2D eigenvalue weighted by Crippen LogP contribution is -2.21. The van der Waals surface area contributed by atoms with Gasteiger partial charge in [-0.15, -0.1) is 0 Å². The van der Waals surface area contributed by atoms with Crippen molar-refractivity contribution in [1.82, 2.24) is 0 Å². The third-order valence-corrected chi connectivity index (χ3v) is 2.10. The summed E-state index contributed by atoms with van der Waals surface area (Å²) in [7, 11) is 0. The highest BCUT2D eigenvalue weighted by Gasteiger charge is 2.36. The standard InChI is InChI=1S/C9H19NO/c1-9(2,3)11-6-8-4-7(8)5-10/h7-8H,4-6,10H2,1-3H3/t7-,8-/m0/s1. The molecule has 0 aromatic carbocycles. The van der Waals surface area contributed by atoms with Crippen LogP contribution in [-0.2, 0) is 4.74 Å². The maximum atomic E-state index is 5.63. The Balaban J connectivity index is 2.06. The first-order valence-electron chi connectivity index (χ1n) is 4.37. The van der Waals surface area contributed by atoms with Crippen LogP contribution in [0.4, 0.5) is 0 Å². The smallest absolute Gasteiger partial charge is 0.0598 e. The first-order chi connectivity index (χ1) is 5.03. The van der Waals surface area contributed by atoms with Crippen LogP contribution in [0.15, 0.2) is 0 Å². The topological polar surface area (TPSA) is 35.2 Å². The number of rotatable bonds is 3. The number of hydrogen-bond acceptors (Lipinski definition) is 2. The van der Waals surface area contributed by atoms with Crippen molar-refractivity contribution in [3.63, 3.8) is 0 Å². The fourth-order valence-electron chi connectivity index (χ4n) is 1.16. The Bertz CT molecular complexity index is 128. The molecule has 0 spiro atoms. The van der Waals surface area contributed by atoms with Gasteiger partial charge in [-0.25, -0.2) is 0 Å². The summed E-state index contributed by atoms with van der Waals surface area (Å²) in [5.74, 6) is 1.50. The summed E-state index contributed by atoms with van der Waals surface area (Å²) in [4.78, 5) is 0. The molecule has 66 valence electrons. The van der Waals surface area contributed by atoms with E-state index in [0.717, 1.165) is 25.0 Å². The van der Waals surface area contributed by atoms with Gasteiger partial charge in [0.2, 0.25) is 0 Å². The Morgan fingerprint density at radius 3 is 2.36 bits per heavy atom. The van der Waals surface area contributed by atoms with Crippen molar-refractivity contribution in [3.8, 4) is 0 Å². The highest BCUT2D eigenvalue weighted by Crippen LogP contribution is 2.38. The van der Waals surface area contributed by atoms with Crippen LogP contribution in [0.1, 0.15) is 27.2 Å². The molecule has 1 fully saturated rings. The van der Waals surface area contributed by atoms with Crippen molar-refractivity contribution >= 4 is 0 Å². The molecule has 0 unspecified atom stereocenters. The quantitative estimate of drug-likeness (QED) is 0.672. The second kappa shape index (κ2) is 3.11. The average Bonchev–Trinajstić information content (AvgIpc) is 2.60. The van der Waals surface area contributed by atoms with Crippen LogP contribution in [-0.4, -0.2) is 18.8 Å². The second-order valence-corrected chi connectivity index (χ2v) is 4.41. The molecule has 2 atom stereocenters. The lowest BCUT2D eigenvalue weighted by Gasteiger charge is -2.19. The first kappa shape index (κ1) is 9.01. The predicted octanol–water partition coefficient (Wildman–Crippen LogP) is 1.40. The minimum absolute atomic E-state index is 0.0156. The Morgan fingerprint density at radius 1 is 1.36 bits per heavy atom. The summed E-state index contributed by atoms with van der Waals surface area (Å²) >= 11 is 0. The predicted molar refractivity (Wildman–Crippen MR) is 46.4 cm³/mol. The molecule has 0 bridgehead atoms. The van der Waals surface area contributed by atoms with Crippen LogP contribution in [0.3, 0.4) is 0 Å². The minimum atomic E-state index is 0.0156. The molecule has 2 nitrogen and oxygen atoms in total. The Morgan fingerprint density at radius 2 is 2.00 bits per heavy atom. The number of ether oxygens (including phenoxy) is 1. The van der Waals surface area contributed by atoms with Gasteiger partial charge in [0.15, 0.2) is 0 Å². The van der Waals surface area contributed by atoms with Crippen LogP contribution >= 0.6 is 0 Å². The Labute approximate surface area is 69.1 Å². The lowest BCUT2D eigenvalue weighted by atomic mass is 10.2. The summed E-state index contributed by atoms with van der Waals surface area (Å²) in [6.45, 7) is 8.00. The maximum Gasteiger partial charge on any atom is 0.0598 e.